The van der Waals surface area contributed by atoms with E-state index in [1.165, 1.54) is 11.3 Å². The summed E-state index contributed by atoms with van der Waals surface area (Å²) in [7, 11) is 0. The molecule has 0 radical (unpaired) electrons. The number of hydrogen-bond donors (Lipinski definition) is 0. The summed E-state index contributed by atoms with van der Waals surface area (Å²) in [5.74, 6) is 0. The molecule has 1 heterocycles. The maximum absolute atomic E-state index is 5.67. The number of rotatable bonds is 2. The Labute approximate surface area is 95.8 Å². The lowest BCUT2D eigenvalue weighted by atomic mass is 10.2. The predicted octanol–water partition coefficient (Wildman–Crippen LogP) is 3.54. The summed E-state index contributed by atoms with van der Waals surface area (Å²) < 4.78 is 2.32. The molecular weight excluding hydrogens is 236 g/mol. The molecule has 0 aliphatic rings. The van der Waals surface area contributed by atoms with Gasteiger partial charge in [-0.1, -0.05) is 41.7 Å². The van der Waals surface area contributed by atoms with Crippen LogP contribution in [-0.2, 0) is 6.00 Å². The van der Waals surface area contributed by atoms with Crippen molar-refractivity contribution in [2.45, 2.75) is 6.00 Å². The summed E-state index contributed by atoms with van der Waals surface area (Å²) in [5, 5.41) is 5.21. The average molecular weight is 243 g/mol. The molecule has 0 saturated carbocycles. The van der Waals surface area contributed by atoms with Crippen molar-refractivity contribution in [3.05, 3.63) is 34.3 Å². The van der Waals surface area contributed by atoms with Gasteiger partial charge in [-0.3, -0.25) is 0 Å². The molecule has 1 aromatic carbocycles. The zero-order valence-corrected chi connectivity index (χ0v) is 9.57. The van der Waals surface area contributed by atoms with E-state index in [2.05, 4.69) is 5.10 Å². The van der Waals surface area contributed by atoms with Gasteiger partial charge in [0.25, 0.3) is 0 Å². The van der Waals surface area contributed by atoms with Gasteiger partial charge in [0, 0.05) is 5.56 Å². The van der Waals surface area contributed by atoms with E-state index in [4.69, 9.17) is 23.8 Å². The zero-order chi connectivity index (χ0) is 9.97. The van der Waals surface area contributed by atoms with Gasteiger partial charge in [-0.05, 0) is 12.2 Å². The fourth-order valence-corrected chi connectivity index (χ4v) is 2.51. The summed E-state index contributed by atoms with van der Waals surface area (Å²) in [6.45, 7) is 0. The maximum atomic E-state index is 5.67. The Kier molecular flexibility index (Phi) is 2.96. The van der Waals surface area contributed by atoms with Crippen molar-refractivity contribution in [1.82, 2.24) is 9.78 Å². The molecule has 0 saturated heterocycles. The normalized spacial score (nSPS) is 10.4. The van der Waals surface area contributed by atoms with Crippen molar-refractivity contribution in [1.29, 1.82) is 0 Å². The lowest BCUT2D eigenvalue weighted by Gasteiger charge is -1.93. The van der Waals surface area contributed by atoms with Gasteiger partial charge in [-0.15, -0.1) is 11.6 Å². The van der Waals surface area contributed by atoms with Crippen LogP contribution in [0, 0.1) is 3.95 Å². The Balaban J connectivity index is 2.48. The minimum atomic E-state index is 0.308. The first kappa shape index (κ1) is 9.83. The molecular formula is C9H7ClN2S2. The first-order chi connectivity index (χ1) is 6.81. The number of nitrogens with zero attached hydrogens (tertiary/aromatic N) is 2. The van der Waals surface area contributed by atoms with Gasteiger partial charge in [0.1, 0.15) is 11.0 Å². The smallest absolute Gasteiger partial charge is 0.180 e. The Morgan fingerprint density at radius 3 is 2.64 bits per heavy atom. The lowest BCUT2D eigenvalue weighted by molar-refractivity contribution is 0.739. The van der Waals surface area contributed by atoms with Crippen LogP contribution in [0.5, 0.6) is 0 Å². The monoisotopic (exact) mass is 242 g/mol. The summed E-state index contributed by atoms with van der Waals surface area (Å²) in [6.07, 6.45) is 0. The molecule has 2 aromatic rings. The summed E-state index contributed by atoms with van der Waals surface area (Å²) in [6, 6.07) is 10.2. The molecule has 1 aromatic heterocycles. The second-order valence-electron chi connectivity index (χ2n) is 2.66. The van der Waals surface area contributed by atoms with Crippen LogP contribution in [0.15, 0.2) is 30.3 Å². The third kappa shape index (κ3) is 1.87. The Morgan fingerprint density at radius 2 is 2.07 bits per heavy atom. The minimum Gasteiger partial charge on any atom is -0.229 e. The molecule has 2 rings (SSSR count). The highest BCUT2D eigenvalue weighted by Crippen LogP contribution is 2.22. The number of halogens is 1. The van der Waals surface area contributed by atoms with E-state index >= 15 is 0 Å². The van der Waals surface area contributed by atoms with Gasteiger partial charge in [-0.2, -0.15) is 5.10 Å². The van der Waals surface area contributed by atoms with Crippen molar-refractivity contribution >= 4 is 35.2 Å². The van der Waals surface area contributed by atoms with Crippen LogP contribution in [0.3, 0.4) is 0 Å². The fourth-order valence-electron chi connectivity index (χ4n) is 1.08. The third-order valence-corrected chi connectivity index (χ3v) is 3.32. The van der Waals surface area contributed by atoms with Crippen molar-refractivity contribution < 1.29 is 0 Å². The Hall–Kier alpha value is -0.710. The molecule has 0 N–H and O–H groups in total. The van der Waals surface area contributed by atoms with E-state index in [0.29, 0.717) is 9.96 Å². The SMILES string of the molecule is S=c1sc(-c2ccccc2)nn1CCl. The Bertz CT molecular complexity index is 475. The van der Waals surface area contributed by atoms with Crippen molar-refractivity contribution in [2.24, 2.45) is 0 Å². The van der Waals surface area contributed by atoms with Crippen molar-refractivity contribution in [2.75, 3.05) is 0 Å². The molecule has 0 spiro atoms. The van der Waals surface area contributed by atoms with E-state index in [1.54, 1.807) is 4.68 Å². The number of alkyl halides is 1. The molecule has 2 nitrogen and oxygen atoms in total. The highest BCUT2D eigenvalue weighted by atomic mass is 35.5. The molecule has 0 amide bonds. The van der Waals surface area contributed by atoms with Crippen LogP contribution in [0.2, 0.25) is 0 Å². The quantitative estimate of drug-likeness (QED) is 0.592. The fraction of sp³-hybridized carbons (Fsp3) is 0.111. The second-order valence-corrected chi connectivity index (χ2v) is 4.52. The molecule has 0 unspecified atom stereocenters. The van der Waals surface area contributed by atoms with Crippen molar-refractivity contribution in [3.63, 3.8) is 0 Å². The number of benzene rings is 1. The van der Waals surface area contributed by atoms with Crippen LogP contribution in [0.25, 0.3) is 10.6 Å². The van der Waals surface area contributed by atoms with Crippen LogP contribution in [0.1, 0.15) is 0 Å². The minimum absolute atomic E-state index is 0.308. The van der Waals surface area contributed by atoms with E-state index in [0.717, 1.165) is 10.6 Å². The molecule has 0 fully saturated rings. The molecule has 0 bridgehead atoms. The molecule has 14 heavy (non-hydrogen) atoms. The topological polar surface area (TPSA) is 17.8 Å². The summed E-state index contributed by atoms with van der Waals surface area (Å²) in [5.41, 5.74) is 1.08. The first-order valence-electron chi connectivity index (χ1n) is 4.00. The second kappa shape index (κ2) is 4.21. The largest absolute Gasteiger partial charge is 0.229 e. The standard InChI is InChI=1S/C9H7ClN2S2/c10-6-12-9(13)14-8(11-12)7-4-2-1-3-5-7/h1-5H,6H2. The highest BCUT2D eigenvalue weighted by molar-refractivity contribution is 7.73. The maximum Gasteiger partial charge on any atom is 0.180 e. The van der Waals surface area contributed by atoms with Crippen LogP contribution < -0.4 is 0 Å². The van der Waals surface area contributed by atoms with Crippen LogP contribution >= 0.6 is 35.2 Å². The molecule has 0 atom stereocenters. The Morgan fingerprint density at radius 1 is 1.36 bits per heavy atom. The number of hydrogen-bond acceptors (Lipinski definition) is 3. The number of aromatic nitrogens is 2. The average Bonchev–Trinajstić information content (AvgIpc) is 2.61. The summed E-state index contributed by atoms with van der Waals surface area (Å²) >= 11 is 12.3. The van der Waals surface area contributed by atoms with E-state index in [9.17, 15) is 0 Å². The van der Waals surface area contributed by atoms with Gasteiger partial charge in [-0.25, -0.2) is 4.68 Å². The van der Waals surface area contributed by atoms with Crippen LogP contribution in [-0.4, -0.2) is 9.78 Å². The highest BCUT2D eigenvalue weighted by Gasteiger charge is 2.04. The first-order valence-corrected chi connectivity index (χ1v) is 5.76. The molecule has 5 heteroatoms. The van der Waals surface area contributed by atoms with Crippen LogP contribution in [0.4, 0.5) is 0 Å². The van der Waals surface area contributed by atoms with Crippen molar-refractivity contribution in [3.8, 4) is 10.6 Å². The predicted molar refractivity (Wildman–Crippen MR) is 62.2 cm³/mol. The van der Waals surface area contributed by atoms with Gasteiger partial charge in [0.15, 0.2) is 3.95 Å². The van der Waals surface area contributed by atoms with E-state index in [1.807, 2.05) is 30.3 Å². The van der Waals surface area contributed by atoms with Gasteiger partial charge in [0.05, 0.1) is 0 Å². The zero-order valence-electron chi connectivity index (χ0n) is 7.18. The van der Waals surface area contributed by atoms with E-state index in [-0.39, 0.29) is 0 Å². The molecule has 72 valence electrons. The van der Waals surface area contributed by atoms with Gasteiger partial charge in [0.2, 0.25) is 0 Å². The van der Waals surface area contributed by atoms with Gasteiger partial charge >= 0.3 is 0 Å². The third-order valence-electron chi connectivity index (χ3n) is 1.74. The molecule has 0 aliphatic heterocycles. The molecule has 0 aliphatic carbocycles. The lowest BCUT2D eigenvalue weighted by Crippen LogP contribution is -1.93. The van der Waals surface area contributed by atoms with Gasteiger partial charge < -0.3 is 0 Å². The summed E-state index contributed by atoms with van der Waals surface area (Å²) in [4.78, 5) is 0. The van der Waals surface area contributed by atoms with E-state index < -0.39 is 0 Å².